The van der Waals surface area contributed by atoms with Crippen LogP contribution in [-0.4, -0.2) is 68.0 Å². The van der Waals surface area contributed by atoms with Gasteiger partial charge in [-0.05, 0) is 83.0 Å². The lowest BCUT2D eigenvalue weighted by molar-refractivity contribution is -0.199. The van der Waals surface area contributed by atoms with E-state index in [1.165, 1.54) is 19.8 Å². The zero-order valence-corrected chi connectivity index (χ0v) is 22.3. The molecule has 4 rings (SSSR count). The maximum Gasteiger partial charge on any atom is 0.488 e. The lowest BCUT2D eigenvalue weighted by atomic mass is 9.43. The standard InChI is InChI=1S/C14H27BN2O4.C10H16BO2/c1-8(2)7-10(15)16-12(19)11(9(3)18)17-13(20)21-14(4,5)6;1-9(2)6-4-7(9)10(3)8(5-6)12-11-13-10/h8-11,18H,7H2,1-6H3,(H,16,19)(H,17,20);6-8H,4-5H2,1-3H3/t9-,10+,11+;6-,7-,8+,10-/m10/s1. The largest absolute Gasteiger partial charge is 0.488 e. The van der Waals surface area contributed by atoms with Crippen molar-refractivity contribution in [3.05, 3.63) is 0 Å². The fraction of sp³-hybridized carbons (Fsp3) is 0.917. The van der Waals surface area contributed by atoms with E-state index < -0.39 is 35.7 Å². The summed E-state index contributed by atoms with van der Waals surface area (Å²) in [6, 6.07) is -1.11. The van der Waals surface area contributed by atoms with E-state index in [1.54, 1.807) is 28.5 Å². The number of hydrogen-bond donors (Lipinski definition) is 3. The highest BCUT2D eigenvalue weighted by atomic mass is 16.6. The van der Waals surface area contributed by atoms with Crippen molar-refractivity contribution >= 4 is 27.5 Å². The van der Waals surface area contributed by atoms with Crippen molar-refractivity contribution in [3.63, 3.8) is 0 Å². The molecule has 0 unspecified atom stereocenters. The average molecular weight is 477 g/mol. The molecule has 1 saturated heterocycles. The van der Waals surface area contributed by atoms with E-state index in [-0.39, 0.29) is 5.60 Å². The van der Waals surface area contributed by atoms with Crippen LogP contribution in [0.25, 0.3) is 0 Å². The molecule has 2 bridgehead atoms. The van der Waals surface area contributed by atoms with Crippen LogP contribution in [0.15, 0.2) is 0 Å². The number of carbonyl (C=O) groups is 2. The minimum Gasteiger partial charge on any atom is -0.444 e. The van der Waals surface area contributed by atoms with Crippen molar-refractivity contribution in [2.45, 2.75) is 117 Å². The van der Waals surface area contributed by atoms with Gasteiger partial charge >= 0.3 is 13.8 Å². The Labute approximate surface area is 207 Å². The van der Waals surface area contributed by atoms with Gasteiger partial charge in [0.2, 0.25) is 5.91 Å². The van der Waals surface area contributed by atoms with Crippen molar-refractivity contribution < 1.29 is 28.7 Å². The Bertz CT molecular complexity index is 727. The molecule has 0 spiro atoms. The first-order chi connectivity index (χ1) is 15.5. The van der Waals surface area contributed by atoms with Crippen LogP contribution in [0.5, 0.6) is 0 Å². The summed E-state index contributed by atoms with van der Waals surface area (Å²) in [5.41, 5.74) is -0.247. The summed E-state index contributed by atoms with van der Waals surface area (Å²) in [7, 11) is 7.35. The molecule has 1 aliphatic heterocycles. The molecule has 2 amide bonds. The predicted octanol–water partition coefficient (Wildman–Crippen LogP) is 2.68. The van der Waals surface area contributed by atoms with Crippen molar-refractivity contribution in [3.8, 4) is 0 Å². The van der Waals surface area contributed by atoms with Gasteiger partial charge in [-0.3, -0.25) is 4.79 Å². The third-order valence-corrected chi connectivity index (χ3v) is 7.31. The molecule has 7 atom stereocenters. The SMILES string of the molecule is CC1(C)[C@@H]2C[C@H]3O[B]O[C@@]3(C)[C@H]1C2.[B][C@H](CC(C)C)NC(=O)[C@@H](NC(=O)OC(C)(C)C)[C@@H](C)O. The number of aliphatic hydroxyl groups excluding tert-OH is 1. The Hall–Kier alpha value is -1.25. The quantitative estimate of drug-likeness (QED) is 0.509. The number of nitrogens with one attached hydrogen (secondary N) is 2. The van der Waals surface area contributed by atoms with Crippen LogP contribution < -0.4 is 10.6 Å². The van der Waals surface area contributed by atoms with Gasteiger partial charge < -0.3 is 29.8 Å². The summed E-state index contributed by atoms with van der Waals surface area (Å²) in [4.78, 5) is 23.7. The normalized spacial score (nSPS) is 31.4. The highest BCUT2D eigenvalue weighted by molar-refractivity contribution is 6.19. The topological polar surface area (TPSA) is 106 Å². The van der Waals surface area contributed by atoms with Gasteiger partial charge in [0, 0.05) is 0 Å². The van der Waals surface area contributed by atoms with Crippen LogP contribution in [0.4, 0.5) is 4.79 Å². The first-order valence-electron chi connectivity index (χ1n) is 12.4. The molecule has 0 aromatic rings. The van der Waals surface area contributed by atoms with Crippen molar-refractivity contribution in [1.29, 1.82) is 0 Å². The first kappa shape index (κ1) is 29.0. The van der Waals surface area contributed by atoms with Crippen molar-refractivity contribution in [2.24, 2.45) is 23.2 Å². The van der Waals surface area contributed by atoms with Gasteiger partial charge in [0.15, 0.2) is 0 Å². The molecule has 4 aliphatic rings. The first-order valence-corrected chi connectivity index (χ1v) is 12.4. The molecule has 3 radical (unpaired) electrons. The highest BCUT2D eigenvalue weighted by Gasteiger charge is 2.65. The van der Waals surface area contributed by atoms with Crippen LogP contribution in [0.3, 0.4) is 0 Å². The molecule has 3 N–H and O–H groups in total. The summed E-state index contributed by atoms with van der Waals surface area (Å²) >= 11 is 0. The maximum atomic E-state index is 12.1. The second-order valence-electron chi connectivity index (χ2n) is 12.2. The lowest BCUT2D eigenvalue weighted by Crippen LogP contribution is -2.65. The van der Waals surface area contributed by atoms with Crippen LogP contribution in [0.1, 0.15) is 81.6 Å². The summed E-state index contributed by atoms with van der Waals surface area (Å²) in [5, 5.41) is 14.6. The molecule has 191 valence electrons. The Morgan fingerprint density at radius 1 is 1.18 bits per heavy atom. The van der Waals surface area contributed by atoms with Gasteiger partial charge in [-0.1, -0.05) is 27.7 Å². The van der Waals surface area contributed by atoms with E-state index in [2.05, 4.69) is 31.4 Å². The van der Waals surface area contributed by atoms with Gasteiger partial charge in [-0.25, -0.2) is 4.79 Å². The summed E-state index contributed by atoms with van der Waals surface area (Å²) in [6.45, 7) is 17.5. The maximum absolute atomic E-state index is 12.1. The fourth-order valence-electron chi connectivity index (χ4n) is 5.33. The molecule has 1 heterocycles. The second-order valence-corrected chi connectivity index (χ2v) is 12.2. The second kappa shape index (κ2) is 10.8. The Morgan fingerprint density at radius 2 is 1.79 bits per heavy atom. The smallest absolute Gasteiger partial charge is 0.444 e. The molecule has 34 heavy (non-hydrogen) atoms. The molecule has 3 aliphatic carbocycles. The number of hydrogen-bond acceptors (Lipinski definition) is 6. The number of aliphatic hydroxyl groups is 1. The zero-order valence-electron chi connectivity index (χ0n) is 22.3. The van der Waals surface area contributed by atoms with Crippen LogP contribution in [-0.2, 0) is 18.8 Å². The monoisotopic (exact) mass is 477 g/mol. The van der Waals surface area contributed by atoms with E-state index in [0.29, 0.717) is 29.8 Å². The van der Waals surface area contributed by atoms with Crippen LogP contribution in [0, 0.1) is 23.2 Å². The van der Waals surface area contributed by atoms with Gasteiger partial charge in [-0.2, -0.15) is 0 Å². The minimum absolute atomic E-state index is 0.0295. The Balaban J connectivity index is 0.000000263. The zero-order chi connectivity index (χ0) is 26.1. The molecular weight excluding hydrogens is 434 g/mol. The predicted molar refractivity (Wildman–Crippen MR) is 132 cm³/mol. The molecular formula is C24H43B2N2O6. The average Bonchev–Trinajstić information content (AvgIpc) is 3.05. The lowest BCUT2D eigenvalue weighted by Gasteiger charge is -2.64. The Kier molecular flexibility index (Phi) is 9.20. The van der Waals surface area contributed by atoms with Gasteiger partial charge in [0.25, 0.3) is 0 Å². The van der Waals surface area contributed by atoms with E-state index in [9.17, 15) is 14.7 Å². The van der Waals surface area contributed by atoms with Gasteiger partial charge in [0.05, 0.1) is 25.7 Å². The van der Waals surface area contributed by atoms with Crippen molar-refractivity contribution in [1.82, 2.24) is 10.6 Å². The molecule has 3 saturated carbocycles. The molecule has 10 heteroatoms. The van der Waals surface area contributed by atoms with E-state index in [0.717, 1.165) is 5.92 Å². The molecule has 4 fully saturated rings. The summed E-state index contributed by atoms with van der Waals surface area (Å²) in [6.07, 6.45) is 1.60. The third kappa shape index (κ3) is 6.91. The van der Waals surface area contributed by atoms with E-state index in [1.807, 2.05) is 13.8 Å². The number of alkyl carbamates (subject to hydrolysis) is 1. The molecule has 8 nitrogen and oxygen atoms in total. The van der Waals surface area contributed by atoms with E-state index >= 15 is 0 Å². The molecule has 0 aromatic heterocycles. The minimum atomic E-state index is -1.11. The summed E-state index contributed by atoms with van der Waals surface area (Å²) < 4.78 is 16.3. The van der Waals surface area contributed by atoms with Gasteiger partial charge in [-0.15, -0.1) is 0 Å². The van der Waals surface area contributed by atoms with Gasteiger partial charge in [0.1, 0.15) is 11.6 Å². The highest BCUT2D eigenvalue weighted by Crippen LogP contribution is 2.65. The van der Waals surface area contributed by atoms with Crippen LogP contribution >= 0.6 is 0 Å². The fourth-order valence-corrected chi connectivity index (χ4v) is 5.33. The van der Waals surface area contributed by atoms with E-state index in [4.69, 9.17) is 21.9 Å². The number of amides is 2. The third-order valence-electron chi connectivity index (χ3n) is 7.31. The van der Waals surface area contributed by atoms with Crippen LogP contribution in [0.2, 0.25) is 0 Å². The molecule has 0 aromatic carbocycles. The van der Waals surface area contributed by atoms with Crippen molar-refractivity contribution in [2.75, 3.05) is 0 Å². The summed E-state index contributed by atoms with van der Waals surface area (Å²) in [5.74, 6) is 0.792. The number of rotatable bonds is 6. The Morgan fingerprint density at radius 3 is 2.29 bits per heavy atom. The number of ether oxygens (including phenoxy) is 1. The number of carbonyl (C=O) groups excluding carboxylic acids is 2.